The van der Waals surface area contributed by atoms with Crippen molar-refractivity contribution in [3.63, 3.8) is 0 Å². The van der Waals surface area contributed by atoms with Crippen molar-refractivity contribution < 1.29 is 24.2 Å². The Morgan fingerprint density at radius 1 is 1.32 bits per heavy atom. The summed E-state index contributed by atoms with van der Waals surface area (Å²) >= 11 is 0. The van der Waals surface area contributed by atoms with E-state index in [2.05, 4.69) is 10.6 Å². The van der Waals surface area contributed by atoms with Crippen LogP contribution in [-0.2, 0) is 14.4 Å². The molecule has 2 rings (SSSR count). The van der Waals surface area contributed by atoms with Crippen molar-refractivity contribution in [1.82, 2.24) is 0 Å². The lowest BCUT2D eigenvalue weighted by atomic mass is 10.1. The van der Waals surface area contributed by atoms with Crippen LogP contribution in [0.3, 0.4) is 0 Å². The number of amides is 2. The molecule has 2 amide bonds. The van der Waals surface area contributed by atoms with Gasteiger partial charge in [-0.1, -0.05) is 0 Å². The maximum absolute atomic E-state index is 11.8. The Hall–Kier alpha value is -2.57. The monoisotopic (exact) mass is 306 g/mol. The minimum atomic E-state index is -0.936. The largest absolute Gasteiger partial charge is 0.481 e. The van der Waals surface area contributed by atoms with Crippen LogP contribution >= 0.6 is 0 Å². The van der Waals surface area contributed by atoms with E-state index in [4.69, 9.17) is 9.84 Å². The summed E-state index contributed by atoms with van der Waals surface area (Å²) in [6.45, 7) is 3.34. The lowest BCUT2D eigenvalue weighted by molar-refractivity contribution is -0.137. The van der Waals surface area contributed by atoms with Crippen molar-refractivity contribution in [2.45, 2.75) is 38.7 Å². The SMILES string of the molecule is CC1(C)Oc2ccc(NC(=O)CCCC(=O)O)cc2NC1=O. The Bertz CT molecular complexity index is 624. The summed E-state index contributed by atoms with van der Waals surface area (Å²) < 4.78 is 5.59. The number of hydrogen-bond donors (Lipinski definition) is 3. The van der Waals surface area contributed by atoms with E-state index in [0.29, 0.717) is 17.1 Å². The number of carboxylic acids is 1. The number of anilines is 2. The van der Waals surface area contributed by atoms with Gasteiger partial charge in [-0.2, -0.15) is 0 Å². The third-order valence-electron chi connectivity index (χ3n) is 3.22. The molecule has 1 aromatic rings. The number of carbonyl (C=O) groups is 3. The van der Waals surface area contributed by atoms with Gasteiger partial charge in [-0.05, 0) is 38.5 Å². The first kappa shape index (κ1) is 15.8. The normalized spacial score (nSPS) is 15.3. The topological polar surface area (TPSA) is 105 Å². The van der Waals surface area contributed by atoms with Crippen LogP contribution in [0.2, 0.25) is 0 Å². The number of benzene rings is 1. The number of fused-ring (bicyclic) bond motifs is 1. The predicted molar refractivity (Wildman–Crippen MR) is 79.9 cm³/mol. The van der Waals surface area contributed by atoms with E-state index in [1.54, 1.807) is 32.0 Å². The molecule has 0 saturated heterocycles. The van der Waals surface area contributed by atoms with Crippen molar-refractivity contribution in [3.05, 3.63) is 18.2 Å². The van der Waals surface area contributed by atoms with Gasteiger partial charge in [0, 0.05) is 18.5 Å². The molecule has 22 heavy (non-hydrogen) atoms. The Morgan fingerprint density at radius 3 is 2.73 bits per heavy atom. The van der Waals surface area contributed by atoms with Crippen LogP contribution in [-0.4, -0.2) is 28.5 Å². The highest BCUT2D eigenvalue weighted by molar-refractivity contribution is 6.01. The highest BCUT2D eigenvalue weighted by Gasteiger charge is 2.35. The number of aliphatic carboxylic acids is 1. The van der Waals surface area contributed by atoms with Crippen LogP contribution in [0, 0.1) is 0 Å². The zero-order valence-electron chi connectivity index (χ0n) is 12.4. The maximum atomic E-state index is 11.8. The first-order valence-electron chi connectivity index (χ1n) is 6.94. The molecule has 1 aliphatic heterocycles. The molecule has 0 bridgehead atoms. The molecule has 0 spiro atoms. The first-order valence-corrected chi connectivity index (χ1v) is 6.94. The molecule has 0 radical (unpaired) electrons. The van der Waals surface area contributed by atoms with E-state index in [0.717, 1.165) is 0 Å². The van der Waals surface area contributed by atoms with Crippen molar-refractivity contribution in [2.24, 2.45) is 0 Å². The highest BCUT2D eigenvalue weighted by atomic mass is 16.5. The number of rotatable bonds is 5. The van der Waals surface area contributed by atoms with Crippen molar-refractivity contribution in [2.75, 3.05) is 10.6 Å². The van der Waals surface area contributed by atoms with E-state index >= 15 is 0 Å². The third-order valence-corrected chi connectivity index (χ3v) is 3.22. The molecule has 0 aromatic heterocycles. The molecule has 0 saturated carbocycles. The molecule has 0 unspecified atom stereocenters. The van der Waals surface area contributed by atoms with Gasteiger partial charge in [0.15, 0.2) is 5.60 Å². The van der Waals surface area contributed by atoms with Crippen molar-refractivity contribution in [3.8, 4) is 5.75 Å². The quantitative estimate of drug-likeness (QED) is 0.771. The molecule has 7 nitrogen and oxygen atoms in total. The lowest BCUT2D eigenvalue weighted by Gasteiger charge is -2.31. The van der Waals surface area contributed by atoms with Crippen LogP contribution in [0.5, 0.6) is 5.75 Å². The van der Waals surface area contributed by atoms with Crippen LogP contribution in [0.1, 0.15) is 33.1 Å². The van der Waals surface area contributed by atoms with Gasteiger partial charge in [0.05, 0.1) is 5.69 Å². The predicted octanol–water partition coefficient (Wildman–Crippen LogP) is 1.99. The molecule has 1 heterocycles. The summed E-state index contributed by atoms with van der Waals surface area (Å²) in [4.78, 5) is 33.9. The molecule has 0 atom stereocenters. The minimum Gasteiger partial charge on any atom is -0.481 e. The van der Waals surface area contributed by atoms with Gasteiger partial charge in [-0.15, -0.1) is 0 Å². The van der Waals surface area contributed by atoms with Crippen LogP contribution in [0.15, 0.2) is 18.2 Å². The molecule has 3 N–H and O–H groups in total. The molecule has 7 heteroatoms. The summed E-state index contributed by atoms with van der Waals surface area (Å²) in [5, 5.41) is 13.9. The van der Waals surface area contributed by atoms with Gasteiger partial charge in [0.1, 0.15) is 5.75 Å². The average molecular weight is 306 g/mol. The summed E-state index contributed by atoms with van der Waals surface area (Å²) in [7, 11) is 0. The fourth-order valence-electron chi connectivity index (χ4n) is 2.01. The second kappa shape index (κ2) is 6.05. The zero-order valence-corrected chi connectivity index (χ0v) is 12.4. The maximum Gasteiger partial charge on any atom is 0.303 e. The van der Waals surface area contributed by atoms with Gasteiger partial charge in [-0.25, -0.2) is 0 Å². The fraction of sp³-hybridized carbons (Fsp3) is 0.400. The van der Waals surface area contributed by atoms with E-state index in [1.807, 2.05) is 0 Å². The number of hydrogen-bond acceptors (Lipinski definition) is 4. The zero-order chi connectivity index (χ0) is 16.3. The van der Waals surface area contributed by atoms with Gasteiger partial charge in [-0.3, -0.25) is 14.4 Å². The molecular formula is C15H18N2O5. The van der Waals surface area contributed by atoms with Crippen molar-refractivity contribution >= 4 is 29.2 Å². The van der Waals surface area contributed by atoms with Gasteiger partial charge in [0.2, 0.25) is 5.91 Å². The molecule has 1 aromatic carbocycles. The number of ether oxygens (including phenoxy) is 1. The molecule has 0 fully saturated rings. The van der Waals surface area contributed by atoms with Crippen LogP contribution in [0.25, 0.3) is 0 Å². The van der Waals surface area contributed by atoms with Crippen LogP contribution in [0.4, 0.5) is 11.4 Å². The summed E-state index contributed by atoms with van der Waals surface area (Å²) in [5.74, 6) is -0.924. The third kappa shape index (κ3) is 3.75. The molecule has 118 valence electrons. The summed E-state index contributed by atoms with van der Waals surface area (Å²) in [5.41, 5.74) is 0.0737. The first-order chi connectivity index (χ1) is 10.3. The fourth-order valence-corrected chi connectivity index (χ4v) is 2.01. The smallest absolute Gasteiger partial charge is 0.303 e. The van der Waals surface area contributed by atoms with Crippen molar-refractivity contribution in [1.29, 1.82) is 0 Å². The van der Waals surface area contributed by atoms with Gasteiger partial charge >= 0.3 is 5.97 Å². The standard InChI is InChI=1S/C15H18N2O5/c1-15(2)14(21)17-10-8-9(6-7-11(10)22-15)16-12(18)4-3-5-13(19)20/h6-8H,3-5H2,1-2H3,(H,16,18)(H,17,21)(H,19,20). The number of nitrogens with one attached hydrogen (secondary N) is 2. The van der Waals surface area contributed by atoms with E-state index in [-0.39, 0.29) is 31.1 Å². The highest BCUT2D eigenvalue weighted by Crippen LogP contribution is 2.35. The van der Waals surface area contributed by atoms with E-state index in [9.17, 15) is 14.4 Å². The Kier molecular flexibility index (Phi) is 4.35. The minimum absolute atomic E-state index is 0.0451. The molecule has 0 aliphatic carbocycles. The second-order valence-corrected chi connectivity index (χ2v) is 5.57. The average Bonchev–Trinajstić information content (AvgIpc) is 2.40. The number of carbonyl (C=O) groups excluding carboxylic acids is 2. The summed E-state index contributed by atoms with van der Waals surface area (Å²) in [6, 6.07) is 4.95. The van der Waals surface area contributed by atoms with E-state index in [1.165, 1.54) is 0 Å². The molecule has 1 aliphatic rings. The van der Waals surface area contributed by atoms with Gasteiger partial charge in [0.25, 0.3) is 5.91 Å². The lowest BCUT2D eigenvalue weighted by Crippen LogP contribution is -2.45. The van der Waals surface area contributed by atoms with Gasteiger partial charge < -0.3 is 20.5 Å². The Labute approximate surface area is 127 Å². The second-order valence-electron chi connectivity index (χ2n) is 5.57. The Balaban J connectivity index is 2.00. The Morgan fingerprint density at radius 2 is 2.05 bits per heavy atom. The molecular weight excluding hydrogens is 288 g/mol. The van der Waals surface area contributed by atoms with E-state index < -0.39 is 11.6 Å². The summed E-state index contributed by atoms with van der Waals surface area (Å²) in [6.07, 6.45) is 0.357. The van der Waals surface area contributed by atoms with Crippen LogP contribution < -0.4 is 15.4 Å². The number of carboxylic acid groups (broad SMARTS) is 1.